The van der Waals surface area contributed by atoms with Gasteiger partial charge in [0.15, 0.2) is 5.65 Å². The summed E-state index contributed by atoms with van der Waals surface area (Å²) in [5.74, 6) is 0.785. The van der Waals surface area contributed by atoms with E-state index in [-0.39, 0.29) is 12.5 Å². The number of likely N-dealkylation sites (tertiary alicyclic amines) is 2. The highest BCUT2D eigenvalue weighted by molar-refractivity contribution is 5.94. The number of fused-ring (bicyclic) bond motifs is 1. The molecule has 6 rings (SSSR count). The molecule has 5 heterocycles. The fourth-order valence-corrected chi connectivity index (χ4v) is 6.59. The van der Waals surface area contributed by atoms with E-state index in [4.69, 9.17) is 0 Å². The molecule has 12 heteroatoms. The number of piperidine rings is 2. The molecule has 240 valence electrons. The van der Waals surface area contributed by atoms with Crippen LogP contribution < -0.4 is 5.32 Å². The van der Waals surface area contributed by atoms with Crippen molar-refractivity contribution in [1.82, 2.24) is 29.3 Å². The normalized spacial score (nSPS) is 19.2. The van der Waals surface area contributed by atoms with Crippen molar-refractivity contribution >= 4 is 34.7 Å². The maximum Gasteiger partial charge on any atom is 0.389 e. The van der Waals surface area contributed by atoms with Crippen molar-refractivity contribution < 1.29 is 22.8 Å². The second-order valence-electron chi connectivity index (χ2n) is 12.5. The van der Waals surface area contributed by atoms with E-state index >= 15 is 0 Å². The third kappa shape index (κ3) is 7.49. The fraction of sp³-hybridized carbons (Fsp3) is 0.515. The maximum absolute atomic E-state index is 13.2. The first-order chi connectivity index (χ1) is 21.6. The number of amides is 2. The molecule has 3 aliphatic rings. The van der Waals surface area contributed by atoms with E-state index in [1.165, 1.54) is 30.8 Å². The van der Waals surface area contributed by atoms with Crippen LogP contribution in [0.3, 0.4) is 0 Å². The van der Waals surface area contributed by atoms with Crippen LogP contribution in [0, 0.1) is 5.92 Å². The second-order valence-corrected chi connectivity index (χ2v) is 12.5. The van der Waals surface area contributed by atoms with Gasteiger partial charge in [0.1, 0.15) is 0 Å². The van der Waals surface area contributed by atoms with Gasteiger partial charge in [-0.05, 0) is 93.1 Å². The number of carbonyl (C=O) groups excluding carboxylic acids is 2. The van der Waals surface area contributed by atoms with Crippen LogP contribution in [0.15, 0.2) is 48.7 Å². The SMILES string of the molecule is CC1CCN(C2CCN(C(=O)c3ccc(Nc4nc5c(C6=CCN(C(=O)CCC(F)(F)F)CC6)cccn5n4)cc3)CC2)CC1. The first kappa shape index (κ1) is 31.1. The molecule has 9 nitrogen and oxygen atoms in total. The molecular formula is C33H40F3N7O2. The van der Waals surface area contributed by atoms with Crippen molar-refractivity contribution in [1.29, 1.82) is 0 Å². The lowest BCUT2D eigenvalue weighted by atomic mass is 9.94. The molecule has 0 radical (unpaired) electrons. The third-order valence-corrected chi connectivity index (χ3v) is 9.37. The van der Waals surface area contributed by atoms with Gasteiger partial charge in [-0.1, -0.05) is 13.0 Å². The van der Waals surface area contributed by atoms with E-state index in [1.54, 1.807) is 10.7 Å². The molecule has 2 amide bonds. The Labute approximate surface area is 261 Å². The minimum absolute atomic E-state index is 0.0594. The number of nitrogens with one attached hydrogen (secondary N) is 1. The van der Waals surface area contributed by atoms with Crippen LogP contribution in [-0.2, 0) is 4.79 Å². The summed E-state index contributed by atoms with van der Waals surface area (Å²) in [4.78, 5) is 36.2. The van der Waals surface area contributed by atoms with Gasteiger partial charge in [-0.2, -0.15) is 18.2 Å². The van der Waals surface area contributed by atoms with E-state index in [1.807, 2.05) is 47.4 Å². The summed E-state index contributed by atoms with van der Waals surface area (Å²) in [7, 11) is 0. The summed E-state index contributed by atoms with van der Waals surface area (Å²) in [5, 5.41) is 7.78. The standard InChI is InChI=1S/C33H40F3N7O2/c1-23-9-17-40(18-10-23)27-13-21-42(22-14-27)31(45)25-4-6-26(7-5-25)37-32-38-30-28(3-2-16-43(30)39-32)24-11-19-41(20-12-24)29(44)8-15-33(34,35)36/h2-7,11,16,23,27H,8-10,12-15,17-22H2,1H3,(H,37,39). The number of aromatic nitrogens is 3. The Morgan fingerprint density at radius 3 is 2.36 bits per heavy atom. The van der Waals surface area contributed by atoms with Gasteiger partial charge in [0.2, 0.25) is 11.9 Å². The van der Waals surface area contributed by atoms with Gasteiger partial charge in [0, 0.05) is 61.7 Å². The predicted octanol–water partition coefficient (Wildman–Crippen LogP) is 5.77. The number of anilines is 2. The highest BCUT2D eigenvalue weighted by Gasteiger charge is 2.31. The Hall–Kier alpha value is -3.93. The zero-order valence-corrected chi connectivity index (χ0v) is 25.6. The molecule has 2 saturated heterocycles. The number of nitrogens with zero attached hydrogens (tertiary/aromatic N) is 6. The number of halogens is 3. The van der Waals surface area contributed by atoms with E-state index in [0.717, 1.165) is 48.7 Å². The molecule has 1 N–H and O–H groups in total. The number of hydrogen-bond acceptors (Lipinski definition) is 6. The molecule has 0 saturated carbocycles. The van der Waals surface area contributed by atoms with Gasteiger partial charge in [-0.25, -0.2) is 4.52 Å². The second kappa shape index (κ2) is 13.2. The van der Waals surface area contributed by atoms with Gasteiger partial charge in [-0.15, -0.1) is 5.10 Å². The summed E-state index contributed by atoms with van der Waals surface area (Å²) in [6.07, 6.45) is 2.78. The van der Waals surface area contributed by atoms with Crippen LogP contribution >= 0.6 is 0 Å². The van der Waals surface area contributed by atoms with Gasteiger partial charge >= 0.3 is 6.18 Å². The molecular weight excluding hydrogens is 583 g/mol. The van der Waals surface area contributed by atoms with E-state index < -0.39 is 24.9 Å². The van der Waals surface area contributed by atoms with Crippen LogP contribution in [0.4, 0.5) is 24.8 Å². The minimum atomic E-state index is -4.34. The van der Waals surface area contributed by atoms with E-state index in [9.17, 15) is 22.8 Å². The number of rotatable bonds is 7. The van der Waals surface area contributed by atoms with Crippen molar-refractivity contribution in [2.45, 2.75) is 64.1 Å². The van der Waals surface area contributed by atoms with Gasteiger partial charge in [0.05, 0.1) is 6.42 Å². The van der Waals surface area contributed by atoms with Crippen molar-refractivity contribution in [3.05, 3.63) is 59.8 Å². The summed E-state index contributed by atoms with van der Waals surface area (Å²) in [5.41, 5.74) is 3.88. The van der Waals surface area contributed by atoms with Crippen LogP contribution in [0.5, 0.6) is 0 Å². The van der Waals surface area contributed by atoms with E-state index in [2.05, 4.69) is 27.2 Å². The number of benzene rings is 1. The van der Waals surface area contributed by atoms with Gasteiger partial charge < -0.3 is 20.0 Å². The first-order valence-electron chi connectivity index (χ1n) is 15.9. The fourth-order valence-electron chi connectivity index (χ4n) is 6.59. The largest absolute Gasteiger partial charge is 0.389 e. The van der Waals surface area contributed by atoms with Crippen molar-refractivity contribution in [2.75, 3.05) is 44.6 Å². The van der Waals surface area contributed by atoms with Crippen LogP contribution in [0.1, 0.15) is 67.8 Å². The maximum atomic E-state index is 13.2. The van der Waals surface area contributed by atoms with E-state index in [0.29, 0.717) is 36.2 Å². The molecule has 2 fully saturated rings. The molecule has 0 atom stereocenters. The molecule has 0 unspecified atom stereocenters. The summed E-state index contributed by atoms with van der Waals surface area (Å²) >= 11 is 0. The monoisotopic (exact) mass is 623 g/mol. The molecule has 3 aromatic rings. The van der Waals surface area contributed by atoms with Crippen LogP contribution in [-0.4, -0.2) is 92.6 Å². The molecule has 0 aliphatic carbocycles. The lowest BCUT2D eigenvalue weighted by molar-refractivity contribution is -0.148. The lowest BCUT2D eigenvalue weighted by Gasteiger charge is -2.41. The number of carbonyl (C=O) groups is 2. The zero-order valence-electron chi connectivity index (χ0n) is 25.6. The topological polar surface area (TPSA) is 86.1 Å². The van der Waals surface area contributed by atoms with Gasteiger partial charge in [0.25, 0.3) is 5.91 Å². The quantitative estimate of drug-likeness (QED) is 0.360. The van der Waals surface area contributed by atoms with Crippen molar-refractivity contribution in [3.63, 3.8) is 0 Å². The molecule has 45 heavy (non-hydrogen) atoms. The molecule has 0 bridgehead atoms. The third-order valence-electron chi connectivity index (χ3n) is 9.37. The minimum Gasteiger partial charge on any atom is -0.339 e. The number of pyridine rings is 1. The van der Waals surface area contributed by atoms with Gasteiger partial charge in [-0.3, -0.25) is 9.59 Å². The average molecular weight is 624 g/mol. The average Bonchev–Trinajstić information content (AvgIpc) is 3.46. The highest BCUT2D eigenvalue weighted by atomic mass is 19.4. The summed E-state index contributed by atoms with van der Waals surface area (Å²) < 4.78 is 39.2. The smallest absolute Gasteiger partial charge is 0.339 e. The van der Waals surface area contributed by atoms with Crippen LogP contribution in [0.2, 0.25) is 0 Å². The Kier molecular flexibility index (Phi) is 9.11. The number of alkyl halides is 3. The Bertz CT molecular complexity index is 1540. The molecule has 0 spiro atoms. The van der Waals surface area contributed by atoms with Crippen molar-refractivity contribution in [2.24, 2.45) is 5.92 Å². The molecule has 3 aliphatic heterocycles. The van der Waals surface area contributed by atoms with Crippen molar-refractivity contribution in [3.8, 4) is 0 Å². The zero-order chi connectivity index (χ0) is 31.6. The summed E-state index contributed by atoms with van der Waals surface area (Å²) in [6.45, 7) is 6.85. The Morgan fingerprint density at radius 2 is 1.69 bits per heavy atom. The van der Waals surface area contributed by atoms with Crippen LogP contribution in [0.25, 0.3) is 11.2 Å². The highest BCUT2D eigenvalue weighted by Crippen LogP contribution is 2.29. The first-order valence-corrected chi connectivity index (χ1v) is 15.9. The molecule has 2 aromatic heterocycles. The Morgan fingerprint density at radius 1 is 0.956 bits per heavy atom. The number of hydrogen-bond donors (Lipinski definition) is 1. The molecule has 1 aromatic carbocycles. The summed E-state index contributed by atoms with van der Waals surface area (Å²) in [6, 6.07) is 11.7. The Balaban J connectivity index is 1.05. The lowest BCUT2D eigenvalue weighted by Crippen LogP contribution is -2.48. The predicted molar refractivity (Wildman–Crippen MR) is 166 cm³/mol.